The van der Waals surface area contributed by atoms with Crippen LogP contribution in [0.25, 0.3) is 5.70 Å². The summed E-state index contributed by atoms with van der Waals surface area (Å²) >= 11 is 0. The minimum atomic E-state index is -0.181. The lowest BCUT2D eigenvalue weighted by Gasteiger charge is -2.40. The van der Waals surface area contributed by atoms with Crippen LogP contribution >= 0.6 is 0 Å². The number of fused-ring (bicyclic) bond motifs is 2. The Kier molecular flexibility index (Phi) is 5.79. The molecule has 4 nitrogen and oxygen atoms in total. The van der Waals surface area contributed by atoms with Crippen molar-refractivity contribution in [1.29, 1.82) is 0 Å². The third-order valence-electron chi connectivity index (χ3n) is 7.84. The second kappa shape index (κ2) is 8.62. The maximum atomic E-state index is 14.7. The molecule has 2 aromatic rings. The van der Waals surface area contributed by atoms with Crippen LogP contribution < -0.4 is 11.1 Å². The largest absolute Gasteiger partial charge is 0.368 e. The number of anilines is 1. The Labute approximate surface area is 197 Å². The Morgan fingerprint density at radius 1 is 1.18 bits per heavy atom. The molecule has 0 aromatic heterocycles. The van der Waals surface area contributed by atoms with Gasteiger partial charge < -0.3 is 20.9 Å². The van der Waals surface area contributed by atoms with Gasteiger partial charge in [0.2, 0.25) is 0 Å². The third kappa shape index (κ3) is 4.09. The Balaban J connectivity index is 1.14. The van der Waals surface area contributed by atoms with E-state index in [1.807, 2.05) is 17.0 Å². The highest BCUT2D eigenvalue weighted by molar-refractivity contribution is 5.69. The Morgan fingerprint density at radius 2 is 1.94 bits per heavy atom. The number of halogens is 1. The molecule has 5 heteroatoms. The molecule has 2 aromatic carbocycles. The van der Waals surface area contributed by atoms with E-state index in [1.165, 1.54) is 16.8 Å². The molecule has 0 amide bonds. The lowest BCUT2D eigenvalue weighted by atomic mass is 9.72. The van der Waals surface area contributed by atoms with E-state index in [0.29, 0.717) is 5.56 Å². The molecule has 0 radical (unpaired) electrons. The number of nitrogens with two attached hydrogens (primary N) is 1. The van der Waals surface area contributed by atoms with E-state index in [-0.39, 0.29) is 17.3 Å². The van der Waals surface area contributed by atoms with Gasteiger partial charge in [0, 0.05) is 47.2 Å². The zero-order valence-electron chi connectivity index (χ0n) is 19.7. The lowest BCUT2D eigenvalue weighted by Crippen LogP contribution is -2.54. The predicted molar refractivity (Wildman–Crippen MR) is 135 cm³/mol. The van der Waals surface area contributed by atoms with Crippen LogP contribution in [0.5, 0.6) is 0 Å². The number of nitrogens with zero attached hydrogens (tertiary/aromatic N) is 2. The molecule has 0 aliphatic carbocycles. The van der Waals surface area contributed by atoms with Gasteiger partial charge in [-0.15, -0.1) is 0 Å². The second-order valence-corrected chi connectivity index (χ2v) is 10.1. The van der Waals surface area contributed by atoms with Crippen molar-refractivity contribution in [3.63, 3.8) is 0 Å². The number of allylic oxidation sites excluding steroid dienone is 1. The van der Waals surface area contributed by atoms with Crippen LogP contribution in [0.2, 0.25) is 0 Å². The van der Waals surface area contributed by atoms with Crippen molar-refractivity contribution in [2.24, 2.45) is 5.73 Å². The summed E-state index contributed by atoms with van der Waals surface area (Å²) in [6.07, 6.45) is 4.11. The van der Waals surface area contributed by atoms with Crippen LogP contribution in [0.15, 0.2) is 55.3 Å². The summed E-state index contributed by atoms with van der Waals surface area (Å²) in [4.78, 5) is 4.59. The van der Waals surface area contributed by atoms with Crippen LogP contribution in [-0.2, 0) is 11.8 Å². The van der Waals surface area contributed by atoms with Crippen molar-refractivity contribution in [3.05, 3.63) is 83.3 Å². The van der Waals surface area contributed by atoms with E-state index < -0.39 is 0 Å². The summed E-state index contributed by atoms with van der Waals surface area (Å²) < 4.78 is 14.7. The predicted octanol–water partition coefficient (Wildman–Crippen LogP) is 4.65. The summed E-state index contributed by atoms with van der Waals surface area (Å²) in [6.45, 7) is 15.3. The Bertz CT molecular complexity index is 1080. The standard InChI is InChI=1S/C28H35FN4/c1-19-6-9-27-25(15-19)28(21(3)31-27)10-13-32(14-11-28)12-4-5-22-7-8-24(26(29)16-22)20(2)33-17-23(30)18-33/h6-9,15-16,23,31H,2-5,10-14,17-18,30H2,1H3. The first-order valence-electron chi connectivity index (χ1n) is 12.1. The molecule has 33 heavy (non-hydrogen) atoms. The smallest absolute Gasteiger partial charge is 0.132 e. The first-order chi connectivity index (χ1) is 15.9. The van der Waals surface area contributed by atoms with Crippen molar-refractivity contribution in [3.8, 4) is 0 Å². The van der Waals surface area contributed by atoms with E-state index in [2.05, 4.69) is 48.5 Å². The van der Waals surface area contributed by atoms with Gasteiger partial charge in [0.05, 0.1) is 0 Å². The van der Waals surface area contributed by atoms with Crippen molar-refractivity contribution in [2.45, 2.75) is 44.1 Å². The van der Waals surface area contributed by atoms with Gasteiger partial charge >= 0.3 is 0 Å². The molecule has 1 spiro atoms. The zero-order chi connectivity index (χ0) is 23.2. The number of aryl methyl sites for hydroxylation is 2. The number of nitrogens with one attached hydrogen (secondary N) is 1. The highest BCUT2D eigenvalue weighted by atomic mass is 19.1. The first-order valence-corrected chi connectivity index (χ1v) is 12.1. The van der Waals surface area contributed by atoms with E-state index in [0.717, 1.165) is 75.4 Å². The molecule has 0 bridgehead atoms. The number of hydrogen-bond acceptors (Lipinski definition) is 4. The molecule has 0 unspecified atom stereocenters. The molecular weight excluding hydrogens is 411 g/mol. The highest BCUT2D eigenvalue weighted by Gasteiger charge is 2.44. The normalized spacial score (nSPS) is 20.0. The summed E-state index contributed by atoms with van der Waals surface area (Å²) in [5, 5.41) is 3.53. The summed E-state index contributed by atoms with van der Waals surface area (Å²) in [7, 11) is 0. The average molecular weight is 447 g/mol. The number of piperidine rings is 1. The molecule has 3 N–H and O–H groups in total. The van der Waals surface area contributed by atoms with Gasteiger partial charge in [-0.3, -0.25) is 0 Å². The Hall–Kier alpha value is -2.63. The van der Waals surface area contributed by atoms with Crippen LogP contribution in [0.1, 0.15) is 41.5 Å². The fourth-order valence-corrected chi connectivity index (χ4v) is 5.70. The summed E-state index contributed by atoms with van der Waals surface area (Å²) in [5.74, 6) is -0.181. The van der Waals surface area contributed by atoms with E-state index >= 15 is 0 Å². The molecular formula is C28H35FN4. The van der Waals surface area contributed by atoms with Gasteiger partial charge in [-0.05, 0) is 81.6 Å². The number of benzene rings is 2. The van der Waals surface area contributed by atoms with E-state index in [4.69, 9.17) is 5.73 Å². The molecule has 5 rings (SSSR count). The molecule has 174 valence electrons. The average Bonchev–Trinajstić information content (AvgIpc) is 3.03. The lowest BCUT2D eigenvalue weighted by molar-refractivity contribution is 0.179. The van der Waals surface area contributed by atoms with Crippen LogP contribution in [0, 0.1) is 12.7 Å². The molecule has 0 saturated carbocycles. The van der Waals surface area contributed by atoms with Crippen molar-refractivity contribution in [1.82, 2.24) is 9.80 Å². The zero-order valence-corrected chi connectivity index (χ0v) is 19.7. The second-order valence-electron chi connectivity index (χ2n) is 10.1. The van der Waals surface area contributed by atoms with Gasteiger partial charge in [0.25, 0.3) is 0 Å². The third-order valence-corrected chi connectivity index (χ3v) is 7.84. The number of likely N-dealkylation sites (tertiary alicyclic amines) is 2. The van der Waals surface area contributed by atoms with Gasteiger partial charge in [-0.25, -0.2) is 4.39 Å². The monoisotopic (exact) mass is 446 g/mol. The number of rotatable bonds is 6. The van der Waals surface area contributed by atoms with Gasteiger partial charge in [-0.1, -0.05) is 36.9 Å². The molecule has 2 fully saturated rings. The molecule has 0 atom stereocenters. The minimum absolute atomic E-state index is 0.0690. The Morgan fingerprint density at radius 3 is 2.64 bits per heavy atom. The minimum Gasteiger partial charge on any atom is -0.368 e. The van der Waals surface area contributed by atoms with Crippen molar-refractivity contribution in [2.75, 3.05) is 38.0 Å². The highest BCUT2D eigenvalue weighted by Crippen LogP contribution is 2.49. The van der Waals surface area contributed by atoms with Crippen LogP contribution in [-0.4, -0.2) is 48.6 Å². The van der Waals surface area contributed by atoms with E-state index in [1.54, 1.807) is 6.07 Å². The number of hydrogen-bond donors (Lipinski definition) is 2. The SMILES string of the molecule is C=C(c1ccc(CCCN2CCC3(CC2)C(=C)Nc2ccc(C)cc23)cc1F)N1CC(N)C1. The molecule has 3 heterocycles. The van der Waals surface area contributed by atoms with Gasteiger partial charge in [-0.2, -0.15) is 0 Å². The first kappa shape index (κ1) is 22.2. The summed E-state index contributed by atoms with van der Waals surface area (Å²) in [6, 6.07) is 12.5. The van der Waals surface area contributed by atoms with Gasteiger partial charge in [0.15, 0.2) is 0 Å². The maximum absolute atomic E-state index is 14.7. The quantitative estimate of drug-likeness (QED) is 0.678. The fraction of sp³-hybridized carbons (Fsp3) is 0.429. The topological polar surface area (TPSA) is 44.5 Å². The molecule has 3 aliphatic heterocycles. The van der Waals surface area contributed by atoms with Gasteiger partial charge in [0.1, 0.15) is 5.82 Å². The molecule has 2 saturated heterocycles. The summed E-state index contributed by atoms with van der Waals surface area (Å²) in [5.41, 5.74) is 13.4. The van der Waals surface area contributed by atoms with Crippen molar-refractivity contribution >= 4 is 11.4 Å². The van der Waals surface area contributed by atoms with E-state index in [9.17, 15) is 4.39 Å². The van der Waals surface area contributed by atoms with Crippen LogP contribution in [0.3, 0.4) is 0 Å². The van der Waals surface area contributed by atoms with Crippen LogP contribution in [0.4, 0.5) is 10.1 Å². The fourth-order valence-electron chi connectivity index (χ4n) is 5.70. The van der Waals surface area contributed by atoms with Crippen molar-refractivity contribution < 1.29 is 4.39 Å². The maximum Gasteiger partial charge on any atom is 0.132 e. The molecule has 3 aliphatic rings.